The molecule has 0 fully saturated rings. The molecule has 0 aliphatic heterocycles. The maximum atomic E-state index is 0. The minimum absolute atomic E-state index is 0. The summed E-state index contributed by atoms with van der Waals surface area (Å²) in [5.41, 5.74) is 0. The van der Waals surface area contributed by atoms with Crippen LogP contribution in [0.1, 0.15) is 0 Å². The molecule has 0 saturated heterocycles. The van der Waals surface area contributed by atoms with E-state index in [1.807, 2.05) is 0 Å². The Morgan fingerprint density at radius 3 is 0.750 bits per heavy atom. The van der Waals surface area contributed by atoms with Gasteiger partial charge in [0.25, 0.3) is 0 Å². The molecule has 0 aliphatic rings. The molecule has 28 valence electrons. The van der Waals surface area contributed by atoms with Crippen LogP contribution in [0.4, 0.5) is 0 Å². The SMILES string of the molecule is Cl.O.O.[BaH2]. The molecule has 0 heterocycles. The molecule has 0 amide bonds. The van der Waals surface area contributed by atoms with Crippen LogP contribution in [0, 0.1) is 0 Å². The van der Waals surface area contributed by atoms with E-state index in [4.69, 9.17) is 0 Å². The zero-order valence-electron chi connectivity index (χ0n) is 1.41. The molecular weight excluding hydrogens is 205 g/mol. The van der Waals surface area contributed by atoms with Gasteiger partial charge in [0.15, 0.2) is 0 Å². The van der Waals surface area contributed by atoms with Crippen molar-refractivity contribution in [3.8, 4) is 0 Å². The Morgan fingerprint density at radius 1 is 0.750 bits per heavy atom. The predicted octanol–water partition coefficient (Wildman–Crippen LogP) is -2.14. The summed E-state index contributed by atoms with van der Waals surface area (Å²) in [6.07, 6.45) is 0. The van der Waals surface area contributed by atoms with E-state index < -0.39 is 0 Å². The number of halogens is 1. The summed E-state index contributed by atoms with van der Waals surface area (Å²) in [6, 6.07) is 0. The molecule has 0 aliphatic carbocycles. The van der Waals surface area contributed by atoms with Crippen molar-refractivity contribution < 1.29 is 11.0 Å². The molecule has 0 saturated carbocycles. The van der Waals surface area contributed by atoms with Crippen LogP contribution in [-0.4, -0.2) is 59.8 Å². The maximum absolute atomic E-state index is 0. The average molecular weight is 212 g/mol. The van der Waals surface area contributed by atoms with Gasteiger partial charge in [0.1, 0.15) is 0 Å². The molecule has 4 N–H and O–H groups in total. The molecule has 0 radical (unpaired) electrons. The first-order valence-corrected chi connectivity index (χ1v) is 0. The van der Waals surface area contributed by atoms with Crippen molar-refractivity contribution in [3.63, 3.8) is 0 Å². The van der Waals surface area contributed by atoms with Crippen LogP contribution in [0.15, 0.2) is 0 Å². The number of hydrogen-bond donors (Lipinski definition) is 0. The number of rotatable bonds is 0. The van der Waals surface area contributed by atoms with Crippen molar-refractivity contribution in [2.45, 2.75) is 0 Å². The molecule has 0 aromatic rings. The molecule has 2 nitrogen and oxygen atoms in total. The van der Waals surface area contributed by atoms with Crippen LogP contribution in [0.5, 0.6) is 0 Å². The Labute approximate surface area is 71.1 Å². The van der Waals surface area contributed by atoms with Crippen molar-refractivity contribution >= 4 is 61.3 Å². The zero-order valence-corrected chi connectivity index (χ0v) is 2.22. The second kappa shape index (κ2) is 21.5. The molecule has 0 aromatic heterocycles. The Balaban J connectivity index is 0. The van der Waals surface area contributed by atoms with Crippen LogP contribution in [-0.2, 0) is 0 Å². The quantitative estimate of drug-likeness (QED) is 0.411. The third-order valence-electron chi connectivity index (χ3n) is 0. The van der Waals surface area contributed by atoms with E-state index in [-0.39, 0.29) is 72.2 Å². The van der Waals surface area contributed by atoms with E-state index in [1.54, 1.807) is 0 Å². The van der Waals surface area contributed by atoms with Gasteiger partial charge in [-0.1, -0.05) is 0 Å². The van der Waals surface area contributed by atoms with Crippen molar-refractivity contribution in [3.05, 3.63) is 0 Å². The van der Waals surface area contributed by atoms with E-state index in [0.717, 1.165) is 0 Å². The van der Waals surface area contributed by atoms with Crippen LogP contribution >= 0.6 is 12.4 Å². The summed E-state index contributed by atoms with van der Waals surface area (Å²) in [4.78, 5) is 0. The van der Waals surface area contributed by atoms with Gasteiger partial charge in [-0.25, -0.2) is 0 Å². The first-order chi connectivity index (χ1) is 0. The predicted molar refractivity (Wildman–Crippen MR) is 23.0 cm³/mol. The van der Waals surface area contributed by atoms with Crippen molar-refractivity contribution in [1.29, 1.82) is 0 Å². The van der Waals surface area contributed by atoms with Gasteiger partial charge in [-0.05, 0) is 0 Å². The molecule has 0 bridgehead atoms. The van der Waals surface area contributed by atoms with E-state index in [2.05, 4.69) is 0 Å². The number of hydrogen-bond acceptors (Lipinski definition) is 0. The summed E-state index contributed by atoms with van der Waals surface area (Å²) >= 11 is 0. The van der Waals surface area contributed by atoms with Gasteiger partial charge in [0.2, 0.25) is 0 Å². The van der Waals surface area contributed by atoms with Crippen LogP contribution in [0.2, 0.25) is 0 Å². The molecular formula is H7BaClO2. The van der Waals surface area contributed by atoms with Gasteiger partial charge in [-0.3, -0.25) is 0 Å². The zero-order chi connectivity index (χ0) is 0. The fourth-order valence-electron chi connectivity index (χ4n) is 0. The minimum atomic E-state index is 0. The molecule has 0 aromatic carbocycles. The Morgan fingerprint density at radius 2 is 0.750 bits per heavy atom. The Kier molecular flexibility index (Phi) is 224. The summed E-state index contributed by atoms with van der Waals surface area (Å²) < 4.78 is 0. The fraction of sp³-hybridized carbons (Fsp3) is 0. The molecule has 0 rings (SSSR count). The summed E-state index contributed by atoms with van der Waals surface area (Å²) in [6.45, 7) is 0. The van der Waals surface area contributed by atoms with Gasteiger partial charge in [0.05, 0.1) is 0 Å². The summed E-state index contributed by atoms with van der Waals surface area (Å²) in [7, 11) is 0. The average Bonchev–Trinajstić information content (AvgIpc) is 0. The van der Waals surface area contributed by atoms with Crippen molar-refractivity contribution in [2.75, 3.05) is 0 Å². The summed E-state index contributed by atoms with van der Waals surface area (Å²) in [5.74, 6) is 0. The van der Waals surface area contributed by atoms with Crippen molar-refractivity contribution in [2.24, 2.45) is 0 Å². The molecule has 4 heavy (non-hydrogen) atoms. The van der Waals surface area contributed by atoms with E-state index in [0.29, 0.717) is 0 Å². The summed E-state index contributed by atoms with van der Waals surface area (Å²) in [5, 5.41) is 0. The van der Waals surface area contributed by atoms with Gasteiger partial charge in [-0.15, -0.1) is 12.4 Å². The fourth-order valence-corrected chi connectivity index (χ4v) is 0. The second-order valence-corrected chi connectivity index (χ2v) is 0. The van der Waals surface area contributed by atoms with E-state index >= 15 is 0 Å². The van der Waals surface area contributed by atoms with E-state index in [1.165, 1.54) is 0 Å². The topological polar surface area (TPSA) is 63.0 Å². The first kappa shape index (κ1) is 41.6. The molecule has 0 atom stereocenters. The molecule has 0 spiro atoms. The Hall–Kier alpha value is 1.78. The molecule has 4 heteroatoms. The van der Waals surface area contributed by atoms with Crippen LogP contribution < -0.4 is 0 Å². The van der Waals surface area contributed by atoms with E-state index in [9.17, 15) is 0 Å². The van der Waals surface area contributed by atoms with Gasteiger partial charge in [0, 0.05) is 0 Å². The van der Waals surface area contributed by atoms with Crippen molar-refractivity contribution in [1.82, 2.24) is 0 Å². The van der Waals surface area contributed by atoms with Gasteiger partial charge >= 0.3 is 48.9 Å². The van der Waals surface area contributed by atoms with Gasteiger partial charge in [-0.2, -0.15) is 0 Å². The molecule has 0 unspecified atom stereocenters. The monoisotopic (exact) mass is 212 g/mol. The first-order valence-electron chi connectivity index (χ1n) is 0. The van der Waals surface area contributed by atoms with Crippen LogP contribution in [0.25, 0.3) is 0 Å². The standard InChI is InChI=1S/Ba.ClH.2H2O.2H/h;1H;2*1H2;;. The Bertz CT molecular complexity index is 6.00. The second-order valence-electron chi connectivity index (χ2n) is 0. The van der Waals surface area contributed by atoms with Gasteiger partial charge < -0.3 is 11.0 Å². The third-order valence-corrected chi connectivity index (χ3v) is 0. The normalized spacial score (nSPS) is 0. The van der Waals surface area contributed by atoms with Crippen LogP contribution in [0.3, 0.4) is 0 Å². The third kappa shape index (κ3) is 9.22.